The van der Waals surface area contributed by atoms with Gasteiger partial charge in [0.1, 0.15) is 0 Å². The van der Waals surface area contributed by atoms with E-state index in [1.807, 2.05) is 0 Å². The molecular weight excluding hydrogens is 288 g/mol. The second-order valence-electron chi connectivity index (χ2n) is 5.77. The van der Waals surface area contributed by atoms with Crippen molar-refractivity contribution in [2.24, 2.45) is 0 Å². The Morgan fingerprint density at radius 2 is 1.86 bits per heavy atom. The Morgan fingerprint density at radius 3 is 2.59 bits per heavy atom. The van der Waals surface area contributed by atoms with E-state index in [4.69, 9.17) is 18.9 Å². The number of fused-ring (bicyclic) bond motifs is 1. The molecule has 22 heavy (non-hydrogen) atoms. The summed E-state index contributed by atoms with van der Waals surface area (Å²) in [5.74, 6) is -1.11. The minimum atomic E-state index is -0.883. The van der Waals surface area contributed by atoms with Gasteiger partial charge in [-0.1, -0.05) is 12.8 Å². The van der Waals surface area contributed by atoms with Crippen molar-refractivity contribution in [3.8, 4) is 0 Å². The van der Waals surface area contributed by atoms with Crippen LogP contribution in [0.5, 0.6) is 0 Å². The fraction of sp³-hybridized carbons (Fsp3) is 0.625. The van der Waals surface area contributed by atoms with Crippen LogP contribution in [0.1, 0.15) is 38.5 Å². The average molecular weight is 308 g/mol. The van der Waals surface area contributed by atoms with Gasteiger partial charge in [0.15, 0.2) is 5.60 Å². The maximum Gasteiger partial charge on any atom is 0.338 e. The van der Waals surface area contributed by atoms with Gasteiger partial charge >= 0.3 is 11.9 Å². The first-order valence-electron chi connectivity index (χ1n) is 7.58. The van der Waals surface area contributed by atoms with Crippen molar-refractivity contribution in [1.82, 2.24) is 0 Å². The third-order valence-corrected chi connectivity index (χ3v) is 4.49. The molecular formula is C16H20O6. The Labute approximate surface area is 129 Å². The lowest BCUT2D eigenvalue weighted by molar-refractivity contribution is -0.139. The molecule has 1 fully saturated rings. The van der Waals surface area contributed by atoms with Gasteiger partial charge in [0.25, 0.3) is 0 Å². The number of carbonyl (C=O) groups is 2. The maximum atomic E-state index is 12.4. The largest absolute Gasteiger partial charge is 0.469 e. The molecule has 1 saturated heterocycles. The molecule has 2 heterocycles. The SMILES string of the molecule is COC(=O)C1=C(C(=O)OC)[C@]23CCCCCCC1=CO[C@@H]2O3. The molecule has 0 aromatic heterocycles. The Balaban J connectivity index is 2.17. The fourth-order valence-corrected chi connectivity index (χ4v) is 3.30. The number of esters is 2. The number of hydrogen-bond donors (Lipinski definition) is 0. The quantitative estimate of drug-likeness (QED) is 0.574. The zero-order valence-corrected chi connectivity index (χ0v) is 12.8. The van der Waals surface area contributed by atoms with Gasteiger partial charge in [0.2, 0.25) is 6.29 Å². The Morgan fingerprint density at radius 1 is 1.14 bits per heavy atom. The van der Waals surface area contributed by atoms with Gasteiger partial charge in [-0.3, -0.25) is 0 Å². The highest BCUT2D eigenvalue weighted by Gasteiger charge is 2.65. The van der Waals surface area contributed by atoms with Gasteiger partial charge in [-0.2, -0.15) is 0 Å². The molecule has 0 aromatic rings. The van der Waals surface area contributed by atoms with E-state index < -0.39 is 23.8 Å². The Bertz CT molecular complexity index is 561. The second-order valence-corrected chi connectivity index (χ2v) is 5.77. The van der Waals surface area contributed by atoms with E-state index in [9.17, 15) is 9.59 Å². The first kappa shape index (κ1) is 15.1. The summed E-state index contributed by atoms with van der Waals surface area (Å²) in [4.78, 5) is 24.7. The minimum Gasteiger partial charge on any atom is -0.469 e. The maximum absolute atomic E-state index is 12.4. The van der Waals surface area contributed by atoms with Crippen molar-refractivity contribution in [1.29, 1.82) is 0 Å². The molecule has 0 amide bonds. The highest BCUT2D eigenvalue weighted by Crippen LogP contribution is 2.52. The van der Waals surface area contributed by atoms with Crippen molar-refractivity contribution in [2.75, 3.05) is 14.2 Å². The smallest absolute Gasteiger partial charge is 0.338 e. The highest BCUT2D eigenvalue weighted by molar-refractivity contribution is 6.05. The number of methoxy groups -OCH3 is 2. The minimum absolute atomic E-state index is 0.247. The summed E-state index contributed by atoms with van der Waals surface area (Å²) >= 11 is 0. The molecule has 0 radical (unpaired) electrons. The molecule has 0 aromatic carbocycles. The zero-order chi connectivity index (χ0) is 15.7. The molecule has 3 rings (SSSR count). The third-order valence-electron chi connectivity index (χ3n) is 4.49. The number of ether oxygens (including phenoxy) is 4. The van der Waals surface area contributed by atoms with Crippen LogP contribution in [-0.4, -0.2) is 38.0 Å². The molecule has 2 bridgehead atoms. The van der Waals surface area contributed by atoms with E-state index >= 15 is 0 Å². The van der Waals surface area contributed by atoms with Gasteiger partial charge in [-0.25, -0.2) is 9.59 Å². The summed E-state index contributed by atoms with van der Waals surface area (Å²) in [5, 5.41) is 0. The average Bonchev–Trinajstić information content (AvgIpc) is 3.24. The predicted molar refractivity (Wildman–Crippen MR) is 75.5 cm³/mol. The fourth-order valence-electron chi connectivity index (χ4n) is 3.30. The van der Waals surface area contributed by atoms with Gasteiger partial charge in [0, 0.05) is 5.57 Å². The molecule has 6 heteroatoms. The summed E-state index contributed by atoms with van der Waals surface area (Å²) < 4.78 is 21.1. The van der Waals surface area contributed by atoms with Crippen molar-refractivity contribution in [3.63, 3.8) is 0 Å². The summed E-state index contributed by atoms with van der Waals surface area (Å²) in [6.45, 7) is 0. The first-order chi connectivity index (χ1) is 10.6. The Hall–Kier alpha value is -1.82. The van der Waals surface area contributed by atoms with E-state index in [0.29, 0.717) is 18.4 Å². The van der Waals surface area contributed by atoms with Crippen LogP contribution in [0, 0.1) is 0 Å². The molecule has 2 aliphatic heterocycles. The van der Waals surface area contributed by atoms with Crippen LogP contribution in [0.25, 0.3) is 0 Å². The molecule has 0 N–H and O–H groups in total. The van der Waals surface area contributed by atoms with E-state index in [1.165, 1.54) is 14.2 Å². The molecule has 0 saturated carbocycles. The van der Waals surface area contributed by atoms with Gasteiger partial charge in [-0.15, -0.1) is 0 Å². The summed E-state index contributed by atoms with van der Waals surface area (Å²) in [6, 6.07) is 0. The summed E-state index contributed by atoms with van der Waals surface area (Å²) in [6.07, 6.45) is 6.27. The van der Waals surface area contributed by atoms with E-state index in [0.717, 1.165) is 25.7 Å². The van der Waals surface area contributed by atoms with Crippen molar-refractivity contribution >= 4 is 11.9 Å². The van der Waals surface area contributed by atoms with Crippen LogP contribution in [0.3, 0.4) is 0 Å². The summed E-state index contributed by atoms with van der Waals surface area (Å²) in [7, 11) is 2.60. The highest BCUT2D eigenvalue weighted by atomic mass is 16.8. The van der Waals surface area contributed by atoms with E-state index in [2.05, 4.69) is 0 Å². The number of rotatable bonds is 2. The van der Waals surface area contributed by atoms with Crippen LogP contribution in [0.4, 0.5) is 0 Å². The van der Waals surface area contributed by atoms with E-state index in [1.54, 1.807) is 6.26 Å². The van der Waals surface area contributed by atoms with E-state index in [-0.39, 0.29) is 11.1 Å². The first-order valence-corrected chi connectivity index (χ1v) is 7.58. The van der Waals surface area contributed by atoms with Crippen molar-refractivity contribution < 1.29 is 28.5 Å². The lowest BCUT2D eigenvalue weighted by Crippen LogP contribution is -2.29. The lowest BCUT2D eigenvalue weighted by Gasteiger charge is -2.19. The molecule has 120 valence electrons. The normalized spacial score (nSPS) is 30.5. The van der Waals surface area contributed by atoms with Gasteiger partial charge < -0.3 is 18.9 Å². The third kappa shape index (κ3) is 2.31. The standard InChI is InChI=1S/C16H20O6/c1-19-13(17)11-10-7-5-3-4-6-8-16(12(11)14(18)20-2)15(22-16)21-9-10/h9,15H,3-8H2,1-2H3/t15-,16-/m1/s1. The number of carbonyl (C=O) groups excluding carboxylic acids is 2. The van der Waals surface area contributed by atoms with Crippen molar-refractivity contribution in [2.45, 2.75) is 50.4 Å². The topological polar surface area (TPSA) is 74.4 Å². The molecule has 1 spiro atoms. The molecule has 0 unspecified atom stereocenters. The zero-order valence-electron chi connectivity index (χ0n) is 12.8. The molecule has 3 aliphatic rings. The number of epoxide rings is 1. The van der Waals surface area contributed by atoms with Gasteiger partial charge in [-0.05, 0) is 25.7 Å². The summed E-state index contributed by atoms with van der Waals surface area (Å²) in [5.41, 5.74) is 0.296. The van der Waals surface area contributed by atoms with Crippen LogP contribution >= 0.6 is 0 Å². The second kappa shape index (κ2) is 5.76. The molecule has 2 atom stereocenters. The van der Waals surface area contributed by atoms with Crippen LogP contribution in [0.15, 0.2) is 23.0 Å². The Kier molecular flexibility index (Phi) is 3.95. The van der Waals surface area contributed by atoms with Crippen LogP contribution in [0.2, 0.25) is 0 Å². The van der Waals surface area contributed by atoms with Crippen LogP contribution in [-0.2, 0) is 28.5 Å². The predicted octanol–water partition coefficient (Wildman–Crippen LogP) is 1.99. The van der Waals surface area contributed by atoms with Crippen LogP contribution < -0.4 is 0 Å². The number of hydrogen-bond acceptors (Lipinski definition) is 6. The monoisotopic (exact) mass is 308 g/mol. The lowest BCUT2D eigenvalue weighted by atomic mass is 9.84. The van der Waals surface area contributed by atoms with Gasteiger partial charge in [0.05, 0.1) is 31.6 Å². The molecule has 6 nitrogen and oxygen atoms in total. The van der Waals surface area contributed by atoms with Crippen molar-refractivity contribution in [3.05, 3.63) is 23.0 Å². The molecule has 1 aliphatic carbocycles.